The number of ether oxygens (including phenoxy) is 4. The summed E-state index contributed by atoms with van der Waals surface area (Å²) >= 11 is 0. The molecule has 20 heavy (non-hydrogen) atoms. The molecule has 0 N–H and O–H groups in total. The van der Waals surface area contributed by atoms with Gasteiger partial charge in [-0.15, -0.1) is 0 Å². The van der Waals surface area contributed by atoms with Gasteiger partial charge in [0.1, 0.15) is 12.2 Å². The summed E-state index contributed by atoms with van der Waals surface area (Å²) in [6, 6.07) is 0. The van der Waals surface area contributed by atoms with Crippen molar-refractivity contribution < 1.29 is 18.9 Å². The second-order valence-electron chi connectivity index (χ2n) is 6.61. The summed E-state index contributed by atoms with van der Waals surface area (Å²) in [5.41, 5.74) is 8.54. The van der Waals surface area contributed by atoms with Gasteiger partial charge >= 0.3 is 0 Å². The molecular weight excluding hydrogens is 262 g/mol. The maximum Gasteiger partial charge on any atom is 0.163 e. The van der Waals surface area contributed by atoms with Gasteiger partial charge in [0, 0.05) is 11.5 Å². The maximum absolute atomic E-state index is 8.54. The van der Waals surface area contributed by atoms with Gasteiger partial charge in [-0.1, -0.05) is 5.11 Å². The third-order valence-corrected chi connectivity index (χ3v) is 4.09. The number of hydrogen-bond acceptors (Lipinski definition) is 5. The van der Waals surface area contributed by atoms with Crippen LogP contribution >= 0.6 is 0 Å². The summed E-state index contributed by atoms with van der Waals surface area (Å²) < 4.78 is 23.9. The highest BCUT2D eigenvalue weighted by Crippen LogP contribution is 2.46. The van der Waals surface area contributed by atoms with Crippen LogP contribution in [0.3, 0.4) is 0 Å². The number of hydrogen-bond donors (Lipinski definition) is 0. The van der Waals surface area contributed by atoms with Crippen LogP contribution in [-0.2, 0) is 18.9 Å². The van der Waals surface area contributed by atoms with E-state index in [0.29, 0.717) is 6.54 Å². The van der Waals surface area contributed by atoms with Crippen LogP contribution in [0.5, 0.6) is 0 Å². The summed E-state index contributed by atoms with van der Waals surface area (Å²) in [5.74, 6) is -1.16. The smallest absolute Gasteiger partial charge is 0.163 e. The molecule has 5 atom stereocenters. The third-order valence-electron chi connectivity index (χ3n) is 4.09. The SMILES string of the molecule is CC1(C)O[C@@H]2[C@H]3OC(C)(C)O[C@H]3C[C@H](CN=[N+]=[N-])[C@@H]2O1. The fourth-order valence-corrected chi connectivity index (χ4v) is 3.51. The lowest BCUT2D eigenvalue weighted by Crippen LogP contribution is -2.51. The highest BCUT2D eigenvalue weighted by atomic mass is 16.8. The molecule has 2 heterocycles. The van der Waals surface area contributed by atoms with Crippen molar-refractivity contribution in [2.24, 2.45) is 11.0 Å². The Morgan fingerprint density at radius 2 is 1.60 bits per heavy atom. The normalized spacial score (nSPS) is 44.5. The highest BCUT2D eigenvalue weighted by molar-refractivity contribution is 5.03. The molecule has 0 radical (unpaired) electrons. The van der Waals surface area contributed by atoms with E-state index in [4.69, 9.17) is 24.5 Å². The minimum atomic E-state index is -0.644. The molecule has 0 aromatic carbocycles. The standard InChI is InChI=1S/C13H21N3O4/c1-12(2)17-8-5-7(6-15-16-14)9-11(10(8)19-12)20-13(3,4)18-9/h7-11H,5-6H2,1-4H3/t7-,8+,9+,10+,11+/m1/s1. The van der Waals surface area contributed by atoms with E-state index >= 15 is 0 Å². The van der Waals surface area contributed by atoms with Gasteiger partial charge < -0.3 is 18.9 Å². The fraction of sp³-hybridized carbons (Fsp3) is 1.00. The average molecular weight is 283 g/mol. The Labute approximate surface area is 118 Å². The van der Waals surface area contributed by atoms with E-state index in [1.807, 2.05) is 27.7 Å². The van der Waals surface area contributed by atoms with E-state index in [1.54, 1.807) is 0 Å². The first-order valence-corrected chi connectivity index (χ1v) is 7.03. The fourth-order valence-electron chi connectivity index (χ4n) is 3.51. The Balaban J connectivity index is 1.85. The van der Waals surface area contributed by atoms with Gasteiger partial charge in [0.05, 0.1) is 12.2 Å². The first-order chi connectivity index (χ1) is 9.31. The van der Waals surface area contributed by atoms with Crippen molar-refractivity contribution >= 4 is 0 Å². The van der Waals surface area contributed by atoms with E-state index in [2.05, 4.69) is 10.0 Å². The van der Waals surface area contributed by atoms with Crippen molar-refractivity contribution in [3.8, 4) is 0 Å². The van der Waals surface area contributed by atoms with Crippen molar-refractivity contribution in [1.29, 1.82) is 0 Å². The Morgan fingerprint density at radius 1 is 1.00 bits per heavy atom. The van der Waals surface area contributed by atoms with Crippen LogP contribution in [0.1, 0.15) is 34.1 Å². The molecule has 112 valence electrons. The summed E-state index contributed by atoms with van der Waals surface area (Å²) in [5, 5.41) is 3.70. The molecule has 3 aliphatic rings. The minimum Gasteiger partial charge on any atom is -0.344 e. The summed E-state index contributed by atoms with van der Waals surface area (Å²) in [6.45, 7) is 8.00. The zero-order chi connectivity index (χ0) is 14.5. The lowest BCUT2D eigenvalue weighted by molar-refractivity contribution is -0.176. The van der Waals surface area contributed by atoms with Crippen molar-refractivity contribution in [3.05, 3.63) is 10.4 Å². The molecule has 2 aliphatic heterocycles. The Hall–Kier alpha value is -0.850. The van der Waals surface area contributed by atoms with Gasteiger partial charge in [-0.05, 0) is 45.6 Å². The van der Waals surface area contributed by atoms with Gasteiger partial charge in [0.25, 0.3) is 0 Å². The minimum absolute atomic E-state index is 0.0392. The summed E-state index contributed by atoms with van der Waals surface area (Å²) in [6.07, 6.45) is 0.300. The van der Waals surface area contributed by atoms with Gasteiger partial charge in [-0.2, -0.15) is 0 Å². The maximum atomic E-state index is 8.54. The second-order valence-corrected chi connectivity index (χ2v) is 6.61. The van der Waals surface area contributed by atoms with Crippen LogP contribution < -0.4 is 0 Å². The lowest BCUT2D eigenvalue weighted by atomic mass is 9.81. The van der Waals surface area contributed by atoms with Crippen LogP contribution in [0.2, 0.25) is 0 Å². The molecule has 7 nitrogen and oxygen atoms in total. The largest absolute Gasteiger partial charge is 0.344 e. The number of azide groups is 1. The molecule has 0 spiro atoms. The third kappa shape index (κ3) is 2.40. The highest BCUT2D eigenvalue weighted by Gasteiger charge is 2.59. The van der Waals surface area contributed by atoms with E-state index in [9.17, 15) is 0 Å². The van der Waals surface area contributed by atoms with Gasteiger partial charge in [0.15, 0.2) is 11.6 Å². The van der Waals surface area contributed by atoms with Gasteiger partial charge in [-0.3, -0.25) is 0 Å². The molecule has 3 rings (SSSR count). The molecule has 0 unspecified atom stereocenters. The summed E-state index contributed by atoms with van der Waals surface area (Å²) in [4.78, 5) is 2.85. The zero-order valence-electron chi connectivity index (χ0n) is 12.3. The first kappa shape index (κ1) is 14.1. The van der Waals surface area contributed by atoms with Crippen LogP contribution in [0.25, 0.3) is 10.4 Å². The van der Waals surface area contributed by atoms with Crippen LogP contribution in [0, 0.1) is 5.92 Å². The van der Waals surface area contributed by atoms with Crippen molar-refractivity contribution in [3.63, 3.8) is 0 Å². The molecule has 0 bridgehead atoms. The monoisotopic (exact) mass is 283 g/mol. The number of fused-ring (bicyclic) bond motifs is 3. The average Bonchev–Trinajstić information content (AvgIpc) is 2.80. The number of nitrogens with zero attached hydrogens (tertiary/aromatic N) is 3. The molecule has 1 aliphatic carbocycles. The predicted octanol–water partition coefficient (Wildman–Crippen LogP) is 2.36. The van der Waals surface area contributed by atoms with Gasteiger partial charge in [-0.25, -0.2) is 0 Å². The summed E-state index contributed by atoms with van der Waals surface area (Å²) in [7, 11) is 0. The molecule has 1 saturated carbocycles. The van der Waals surface area contributed by atoms with Crippen LogP contribution in [0.15, 0.2) is 5.11 Å². The van der Waals surface area contributed by atoms with Crippen molar-refractivity contribution in [2.75, 3.05) is 6.54 Å². The van der Waals surface area contributed by atoms with E-state index < -0.39 is 11.6 Å². The van der Waals surface area contributed by atoms with Crippen LogP contribution in [-0.4, -0.2) is 42.5 Å². The first-order valence-electron chi connectivity index (χ1n) is 7.03. The Kier molecular flexibility index (Phi) is 3.23. The van der Waals surface area contributed by atoms with E-state index in [0.717, 1.165) is 6.42 Å². The zero-order valence-corrected chi connectivity index (χ0v) is 12.3. The molecule has 0 aromatic heterocycles. The van der Waals surface area contributed by atoms with Crippen LogP contribution in [0.4, 0.5) is 0 Å². The molecule has 0 amide bonds. The lowest BCUT2D eigenvalue weighted by Gasteiger charge is -2.36. The van der Waals surface area contributed by atoms with Gasteiger partial charge in [0.2, 0.25) is 0 Å². The number of rotatable bonds is 2. The predicted molar refractivity (Wildman–Crippen MR) is 69.8 cm³/mol. The molecule has 7 heteroatoms. The Bertz CT molecular complexity index is 447. The molecular formula is C13H21N3O4. The Morgan fingerprint density at radius 3 is 2.30 bits per heavy atom. The van der Waals surface area contributed by atoms with E-state index in [-0.39, 0.29) is 30.3 Å². The molecule has 0 aromatic rings. The second kappa shape index (κ2) is 4.58. The topological polar surface area (TPSA) is 85.7 Å². The van der Waals surface area contributed by atoms with E-state index in [1.165, 1.54) is 0 Å². The quantitative estimate of drug-likeness (QED) is 0.442. The molecule has 3 fully saturated rings. The molecule has 2 saturated heterocycles. The van der Waals surface area contributed by atoms with Crippen molar-refractivity contribution in [2.45, 2.75) is 70.1 Å². The van der Waals surface area contributed by atoms with Crippen molar-refractivity contribution in [1.82, 2.24) is 0 Å².